The van der Waals surface area contributed by atoms with Gasteiger partial charge in [0.25, 0.3) is 0 Å². The molecule has 0 bridgehead atoms. The highest BCUT2D eigenvalue weighted by atomic mass is 19.1. The Labute approximate surface area is 124 Å². The molecule has 0 fully saturated rings. The highest BCUT2D eigenvalue weighted by molar-refractivity contribution is 5.37. The van der Waals surface area contributed by atoms with Gasteiger partial charge in [-0.15, -0.1) is 0 Å². The fourth-order valence-electron chi connectivity index (χ4n) is 3.11. The summed E-state index contributed by atoms with van der Waals surface area (Å²) in [5, 5.41) is 3.22. The van der Waals surface area contributed by atoms with Crippen molar-refractivity contribution in [2.24, 2.45) is 0 Å². The fourth-order valence-corrected chi connectivity index (χ4v) is 3.11. The number of aryl methyl sites for hydroxylation is 2. The molecule has 3 heteroatoms. The van der Waals surface area contributed by atoms with Crippen molar-refractivity contribution in [1.82, 2.24) is 5.32 Å². The number of fused-ring (bicyclic) bond motifs is 1. The van der Waals surface area contributed by atoms with E-state index in [4.69, 9.17) is 0 Å². The van der Waals surface area contributed by atoms with Gasteiger partial charge in [-0.2, -0.15) is 0 Å². The smallest absolute Gasteiger partial charge is 0.126 e. The Kier molecular flexibility index (Phi) is 4.02. The normalized spacial score (nSPS) is 15.0. The number of benzene rings is 2. The molecule has 1 aliphatic rings. The van der Waals surface area contributed by atoms with Crippen molar-refractivity contribution in [3.63, 3.8) is 0 Å². The highest BCUT2D eigenvalue weighted by Crippen LogP contribution is 2.27. The minimum atomic E-state index is -0.393. The Bertz CT molecular complexity index is 652. The minimum absolute atomic E-state index is 0.00722. The number of hydrogen-bond acceptors (Lipinski definition) is 1. The van der Waals surface area contributed by atoms with Gasteiger partial charge in [0.05, 0.1) is 0 Å². The largest absolute Gasteiger partial charge is 0.313 e. The third-order valence-corrected chi connectivity index (χ3v) is 4.31. The molecule has 0 radical (unpaired) electrons. The van der Waals surface area contributed by atoms with Gasteiger partial charge in [0.1, 0.15) is 11.6 Å². The number of likely N-dealkylation sites (N-methyl/N-ethyl adjacent to an activating group) is 1. The van der Waals surface area contributed by atoms with Crippen LogP contribution in [0.15, 0.2) is 36.4 Å². The van der Waals surface area contributed by atoms with Crippen molar-refractivity contribution in [1.29, 1.82) is 0 Å². The van der Waals surface area contributed by atoms with E-state index in [2.05, 4.69) is 23.5 Å². The Morgan fingerprint density at radius 1 is 1.05 bits per heavy atom. The first kappa shape index (κ1) is 14.2. The summed E-state index contributed by atoms with van der Waals surface area (Å²) in [6, 6.07) is 10.1. The van der Waals surface area contributed by atoms with Gasteiger partial charge in [0, 0.05) is 6.04 Å². The van der Waals surface area contributed by atoms with Crippen LogP contribution in [0, 0.1) is 11.6 Å². The average molecular weight is 287 g/mol. The Morgan fingerprint density at radius 3 is 2.67 bits per heavy atom. The fraction of sp³-hybridized carbons (Fsp3) is 0.333. The summed E-state index contributed by atoms with van der Waals surface area (Å²) in [7, 11) is 1.86. The van der Waals surface area contributed by atoms with Gasteiger partial charge in [-0.3, -0.25) is 0 Å². The van der Waals surface area contributed by atoms with E-state index in [-0.39, 0.29) is 11.9 Å². The molecule has 0 spiro atoms. The molecule has 21 heavy (non-hydrogen) atoms. The number of halogens is 2. The minimum Gasteiger partial charge on any atom is -0.313 e. The lowest BCUT2D eigenvalue weighted by atomic mass is 9.96. The summed E-state index contributed by atoms with van der Waals surface area (Å²) >= 11 is 0. The van der Waals surface area contributed by atoms with Crippen molar-refractivity contribution in [2.45, 2.75) is 31.7 Å². The van der Waals surface area contributed by atoms with Crippen molar-refractivity contribution in [2.75, 3.05) is 7.05 Å². The van der Waals surface area contributed by atoms with Crippen LogP contribution in [0.1, 0.15) is 34.7 Å². The molecule has 1 N–H and O–H groups in total. The number of nitrogens with one attached hydrogen (secondary N) is 1. The lowest BCUT2D eigenvalue weighted by Crippen LogP contribution is -2.19. The molecule has 0 amide bonds. The highest BCUT2D eigenvalue weighted by Gasteiger charge is 2.17. The third kappa shape index (κ3) is 2.98. The van der Waals surface area contributed by atoms with Gasteiger partial charge in [-0.1, -0.05) is 18.2 Å². The van der Waals surface area contributed by atoms with Gasteiger partial charge in [0.2, 0.25) is 0 Å². The van der Waals surface area contributed by atoms with Crippen LogP contribution in [-0.4, -0.2) is 7.05 Å². The molecule has 1 unspecified atom stereocenters. The molecule has 0 aliphatic heterocycles. The monoisotopic (exact) mass is 287 g/mol. The summed E-state index contributed by atoms with van der Waals surface area (Å²) in [5.74, 6) is -0.743. The number of rotatable bonds is 4. The molecular formula is C18H19F2N. The SMILES string of the molecule is CNC(Cc1cc(F)ccc1F)c1ccc2c(c1)CCC2. The van der Waals surface area contributed by atoms with Crippen LogP contribution >= 0.6 is 0 Å². The lowest BCUT2D eigenvalue weighted by Gasteiger charge is -2.18. The van der Waals surface area contributed by atoms with Gasteiger partial charge in [0.15, 0.2) is 0 Å². The van der Waals surface area contributed by atoms with E-state index in [0.717, 1.165) is 24.5 Å². The molecule has 2 aromatic carbocycles. The first-order valence-electron chi connectivity index (χ1n) is 7.40. The predicted molar refractivity (Wildman–Crippen MR) is 80.3 cm³/mol. The van der Waals surface area contributed by atoms with E-state index in [1.165, 1.54) is 29.7 Å². The third-order valence-electron chi connectivity index (χ3n) is 4.31. The maximum Gasteiger partial charge on any atom is 0.126 e. The Morgan fingerprint density at radius 2 is 1.86 bits per heavy atom. The van der Waals surface area contributed by atoms with E-state index < -0.39 is 5.82 Å². The van der Waals surface area contributed by atoms with E-state index in [1.54, 1.807) is 0 Å². The molecule has 1 nitrogen and oxygen atoms in total. The number of hydrogen-bond donors (Lipinski definition) is 1. The second-order valence-corrected chi connectivity index (χ2v) is 5.66. The summed E-state index contributed by atoms with van der Waals surface area (Å²) in [5.41, 5.74) is 4.37. The maximum absolute atomic E-state index is 13.8. The van der Waals surface area contributed by atoms with Crippen molar-refractivity contribution in [3.8, 4) is 0 Å². The molecule has 0 saturated heterocycles. The quantitative estimate of drug-likeness (QED) is 0.897. The first-order chi connectivity index (χ1) is 10.2. The van der Waals surface area contributed by atoms with E-state index in [9.17, 15) is 8.78 Å². The predicted octanol–water partition coefficient (Wildman–Crippen LogP) is 3.96. The van der Waals surface area contributed by atoms with Crippen LogP contribution in [0.3, 0.4) is 0 Å². The van der Waals surface area contributed by atoms with Gasteiger partial charge < -0.3 is 5.32 Å². The second-order valence-electron chi connectivity index (χ2n) is 5.66. The molecule has 2 aromatic rings. The van der Waals surface area contributed by atoms with Gasteiger partial charge in [-0.05, 0) is 73.2 Å². The van der Waals surface area contributed by atoms with E-state index in [1.807, 2.05) is 7.05 Å². The van der Waals surface area contributed by atoms with E-state index >= 15 is 0 Å². The zero-order valence-electron chi connectivity index (χ0n) is 12.1. The summed E-state index contributed by atoms with van der Waals surface area (Å²) in [6.45, 7) is 0. The van der Waals surface area contributed by atoms with Gasteiger partial charge in [-0.25, -0.2) is 8.78 Å². The lowest BCUT2D eigenvalue weighted by molar-refractivity contribution is 0.543. The Balaban J connectivity index is 1.86. The summed E-state index contributed by atoms with van der Waals surface area (Å²) < 4.78 is 27.1. The zero-order valence-corrected chi connectivity index (χ0v) is 12.1. The standard InChI is InChI=1S/C18H19F2N/c1-21-18(11-15-10-16(19)7-8-17(15)20)14-6-5-12-3-2-4-13(12)9-14/h5-10,18,21H,2-4,11H2,1H3. The maximum atomic E-state index is 13.8. The molecule has 0 saturated carbocycles. The van der Waals surface area contributed by atoms with E-state index in [0.29, 0.717) is 12.0 Å². The Hall–Kier alpha value is -1.74. The van der Waals surface area contributed by atoms with Crippen molar-refractivity contribution >= 4 is 0 Å². The second kappa shape index (κ2) is 5.94. The molecule has 3 rings (SSSR count). The molecule has 110 valence electrons. The summed E-state index contributed by atoms with van der Waals surface area (Å²) in [6.07, 6.45) is 3.92. The average Bonchev–Trinajstić information content (AvgIpc) is 2.95. The topological polar surface area (TPSA) is 12.0 Å². The molecule has 0 aromatic heterocycles. The van der Waals surface area contributed by atoms with Crippen LogP contribution in [0.25, 0.3) is 0 Å². The zero-order chi connectivity index (χ0) is 14.8. The molecule has 1 atom stereocenters. The van der Waals surface area contributed by atoms with Crippen LogP contribution in [-0.2, 0) is 19.3 Å². The summed E-state index contributed by atoms with van der Waals surface area (Å²) in [4.78, 5) is 0. The van der Waals surface area contributed by atoms with Crippen LogP contribution < -0.4 is 5.32 Å². The molecule has 1 aliphatic carbocycles. The first-order valence-corrected chi connectivity index (χ1v) is 7.40. The van der Waals surface area contributed by atoms with Crippen molar-refractivity contribution in [3.05, 3.63) is 70.3 Å². The van der Waals surface area contributed by atoms with Crippen LogP contribution in [0.4, 0.5) is 8.78 Å². The van der Waals surface area contributed by atoms with Crippen molar-refractivity contribution < 1.29 is 8.78 Å². The molecular weight excluding hydrogens is 268 g/mol. The van der Waals surface area contributed by atoms with Crippen LogP contribution in [0.5, 0.6) is 0 Å². The van der Waals surface area contributed by atoms with Crippen LogP contribution in [0.2, 0.25) is 0 Å². The molecule has 0 heterocycles. The van der Waals surface area contributed by atoms with Gasteiger partial charge >= 0.3 is 0 Å².